The maximum Gasteiger partial charge on any atom is 0.192 e. The molecule has 0 spiro atoms. The van der Waals surface area contributed by atoms with Gasteiger partial charge in [0, 0.05) is 6.42 Å². The first-order valence-electron chi connectivity index (χ1n) is 8.50. The van der Waals surface area contributed by atoms with Crippen molar-refractivity contribution in [3.8, 4) is 0 Å². The van der Waals surface area contributed by atoms with Gasteiger partial charge in [0.1, 0.15) is 24.2 Å². The Labute approximate surface area is 148 Å². The zero-order valence-electron chi connectivity index (χ0n) is 15.4. The maximum absolute atomic E-state index is 10.4. The van der Waals surface area contributed by atoms with Crippen LogP contribution in [0.2, 0.25) is 18.1 Å². The zero-order valence-corrected chi connectivity index (χ0v) is 16.4. The molecule has 2 aromatic heterocycles. The number of nitrogens with zero attached hydrogens (tertiary/aromatic N) is 4. The zero-order chi connectivity index (χ0) is 18.4. The smallest absolute Gasteiger partial charge is 0.192 e. The highest BCUT2D eigenvalue weighted by Crippen LogP contribution is 2.38. The van der Waals surface area contributed by atoms with Gasteiger partial charge in [0.05, 0.1) is 19.0 Å². The lowest BCUT2D eigenvalue weighted by atomic mass is 10.2. The molecule has 3 atom stereocenters. The number of nitrogen functional groups attached to an aromatic ring is 1. The van der Waals surface area contributed by atoms with Gasteiger partial charge in [-0.15, -0.1) is 0 Å². The van der Waals surface area contributed by atoms with Gasteiger partial charge in [0.25, 0.3) is 0 Å². The van der Waals surface area contributed by atoms with E-state index in [4.69, 9.17) is 14.9 Å². The van der Waals surface area contributed by atoms with Crippen LogP contribution < -0.4 is 5.73 Å². The monoisotopic (exact) mass is 365 g/mol. The minimum Gasteiger partial charge on any atom is -0.414 e. The van der Waals surface area contributed by atoms with E-state index in [0.717, 1.165) is 0 Å². The van der Waals surface area contributed by atoms with Crippen LogP contribution in [0.5, 0.6) is 0 Å². The van der Waals surface area contributed by atoms with Crippen LogP contribution in [0, 0.1) is 0 Å². The molecule has 3 N–H and O–H groups in total. The molecule has 138 valence electrons. The van der Waals surface area contributed by atoms with Gasteiger partial charge in [0.15, 0.2) is 19.8 Å². The van der Waals surface area contributed by atoms with E-state index in [9.17, 15) is 5.11 Å². The summed E-state index contributed by atoms with van der Waals surface area (Å²) in [6.45, 7) is 11.3. The molecule has 0 amide bonds. The summed E-state index contributed by atoms with van der Waals surface area (Å²) in [5, 5.41) is 10.5. The van der Waals surface area contributed by atoms with E-state index in [1.165, 1.54) is 6.33 Å². The fraction of sp³-hybridized carbons (Fsp3) is 0.688. The van der Waals surface area contributed by atoms with E-state index in [2.05, 4.69) is 48.8 Å². The summed E-state index contributed by atoms with van der Waals surface area (Å²) in [5.74, 6) is 0.333. The van der Waals surface area contributed by atoms with Crippen LogP contribution in [-0.4, -0.2) is 51.8 Å². The third-order valence-corrected chi connectivity index (χ3v) is 9.82. The minimum atomic E-state index is -1.89. The summed E-state index contributed by atoms with van der Waals surface area (Å²) in [4.78, 5) is 12.4. The highest BCUT2D eigenvalue weighted by Gasteiger charge is 2.41. The Bertz CT molecular complexity index is 758. The predicted octanol–water partition coefficient (Wildman–Crippen LogP) is 2.08. The van der Waals surface area contributed by atoms with E-state index in [1.807, 2.05) is 0 Å². The molecule has 1 aliphatic heterocycles. The van der Waals surface area contributed by atoms with Crippen LogP contribution in [0.25, 0.3) is 11.2 Å². The summed E-state index contributed by atoms with van der Waals surface area (Å²) in [6.07, 6.45) is 2.19. The van der Waals surface area contributed by atoms with Crippen molar-refractivity contribution < 1.29 is 14.3 Å². The lowest BCUT2D eigenvalue weighted by molar-refractivity contribution is -0.0405. The molecule has 9 heteroatoms. The molecule has 0 aromatic carbocycles. The first-order valence-corrected chi connectivity index (χ1v) is 11.4. The Hall–Kier alpha value is -1.55. The highest BCUT2D eigenvalue weighted by atomic mass is 28.4. The second-order valence-corrected chi connectivity index (χ2v) is 12.9. The molecule has 3 heterocycles. The van der Waals surface area contributed by atoms with E-state index >= 15 is 0 Å². The maximum atomic E-state index is 10.4. The Morgan fingerprint density at radius 2 is 2.08 bits per heavy atom. The average Bonchev–Trinajstić information content (AvgIpc) is 3.08. The lowest BCUT2D eigenvalue weighted by Gasteiger charge is -2.37. The second-order valence-electron chi connectivity index (χ2n) is 8.09. The normalized spacial score (nSPS) is 25.0. The Balaban J connectivity index is 1.72. The number of fused-ring (bicyclic) bond motifs is 1. The Morgan fingerprint density at radius 3 is 2.76 bits per heavy atom. The average molecular weight is 366 g/mol. The third-order valence-electron chi connectivity index (χ3n) is 5.32. The van der Waals surface area contributed by atoms with Crippen molar-refractivity contribution in [2.24, 2.45) is 0 Å². The van der Waals surface area contributed by atoms with Crippen molar-refractivity contribution in [2.45, 2.75) is 63.8 Å². The fourth-order valence-electron chi connectivity index (χ4n) is 2.62. The fourth-order valence-corrected chi connectivity index (χ4v) is 3.64. The molecule has 0 radical (unpaired) electrons. The van der Waals surface area contributed by atoms with Gasteiger partial charge < -0.3 is 20.0 Å². The standard InChI is InChI=1S/C16H27N5O3Si/c1-16(2,3)25(4,5)23-7-11-10(22)6-12(24-11)21-9-20-13-14(17)18-8-19-15(13)21/h8-12,22H,6-7H2,1-5H3,(H2,17,18,19). The second kappa shape index (κ2) is 6.31. The number of aliphatic hydroxyl groups is 1. The summed E-state index contributed by atoms with van der Waals surface area (Å²) in [6, 6.07) is 0. The van der Waals surface area contributed by atoms with E-state index in [0.29, 0.717) is 30.0 Å². The van der Waals surface area contributed by atoms with Gasteiger partial charge in [-0.3, -0.25) is 4.57 Å². The van der Waals surface area contributed by atoms with Crippen LogP contribution in [-0.2, 0) is 9.16 Å². The van der Waals surface area contributed by atoms with Crippen molar-refractivity contribution in [2.75, 3.05) is 12.3 Å². The molecule has 1 fully saturated rings. The molecular weight excluding hydrogens is 338 g/mol. The van der Waals surface area contributed by atoms with Crippen molar-refractivity contribution in [3.63, 3.8) is 0 Å². The predicted molar refractivity (Wildman–Crippen MR) is 97.4 cm³/mol. The molecule has 1 saturated heterocycles. The number of aromatic nitrogens is 4. The summed E-state index contributed by atoms with van der Waals surface area (Å²) < 4.78 is 14.0. The Morgan fingerprint density at radius 1 is 1.36 bits per heavy atom. The quantitative estimate of drug-likeness (QED) is 0.798. The summed E-state index contributed by atoms with van der Waals surface area (Å²) >= 11 is 0. The molecule has 25 heavy (non-hydrogen) atoms. The largest absolute Gasteiger partial charge is 0.414 e. The minimum absolute atomic E-state index is 0.116. The first-order chi connectivity index (χ1) is 11.6. The first kappa shape index (κ1) is 18.2. The van der Waals surface area contributed by atoms with Gasteiger partial charge in [-0.2, -0.15) is 0 Å². The van der Waals surface area contributed by atoms with Crippen LogP contribution in [0.1, 0.15) is 33.4 Å². The van der Waals surface area contributed by atoms with E-state index in [-0.39, 0.29) is 17.4 Å². The van der Waals surface area contributed by atoms with Crippen LogP contribution >= 0.6 is 0 Å². The molecule has 0 bridgehead atoms. The summed E-state index contributed by atoms with van der Waals surface area (Å²) in [7, 11) is -1.89. The molecule has 0 aliphatic carbocycles. The number of nitrogens with two attached hydrogens (primary N) is 1. The number of imidazole rings is 1. The number of ether oxygens (including phenoxy) is 1. The van der Waals surface area contributed by atoms with Crippen LogP contribution in [0.4, 0.5) is 5.82 Å². The highest BCUT2D eigenvalue weighted by molar-refractivity contribution is 6.74. The number of rotatable bonds is 4. The van der Waals surface area contributed by atoms with E-state index in [1.54, 1.807) is 10.9 Å². The molecule has 0 saturated carbocycles. The van der Waals surface area contributed by atoms with Crippen molar-refractivity contribution in [3.05, 3.63) is 12.7 Å². The Kier molecular flexibility index (Phi) is 4.61. The number of aliphatic hydroxyl groups excluding tert-OH is 1. The molecule has 2 aromatic rings. The van der Waals surface area contributed by atoms with Gasteiger partial charge in [-0.1, -0.05) is 20.8 Å². The number of anilines is 1. The number of hydrogen-bond acceptors (Lipinski definition) is 7. The van der Waals surface area contributed by atoms with Gasteiger partial charge >= 0.3 is 0 Å². The summed E-state index contributed by atoms with van der Waals surface area (Å²) in [5.41, 5.74) is 6.98. The SMILES string of the molecule is CC(C)(C)[Si](C)(C)OCC1OC(n2cnc3c(N)ncnc32)CC1O. The number of hydrogen-bond donors (Lipinski definition) is 2. The van der Waals surface area contributed by atoms with Crippen LogP contribution in [0.3, 0.4) is 0 Å². The molecule has 3 unspecified atom stereocenters. The molecule has 3 rings (SSSR count). The van der Waals surface area contributed by atoms with Crippen molar-refractivity contribution >= 4 is 25.3 Å². The molecule has 1 aliphatic rings. The molecule has 8 nitrogen and oxygen atoms in total. The van der Waals surface area contributed by atoms with Crippen molar-refractivity contribution in [1.29, 1.82) is 0 Å². The lowest BCUT2D eigenvalue weighted by Crippen LogP contribution is -2.43. The topological polar surface area (TPSA) is 108 Å². The van der Waals surface area contributed by atoms with Crippen molar-refractivity contribution in [1.82, 2.24) is 19.5 Å². The molecular formula is C16H27N5O3Si. The van der Waals surface area contributed by atoms with Crippen LogP contribution in [0.15, 0.2) is 12.7 Å². The van der Waals surface area contributed by atoms with Gasteiger partial charge in [0.2, 0.25) is 0 Å². The van der Waals surface area contributed by atoms with E-state index < -0.39 is 14.4 Å². The van der Waals surface area contributed by atoms with Gasteiger partial charge in [-0.25, -0.2) is 15.0 Å². The van der Waals surface area contributed by atoms with Gasteiger partial charge in [-0.05, 0) is 18.1 Å². The third kappa shape index (κ3) is 3.41.